The maximum Gasteiger partial charge on any atom is 0.0671 e. The van der Waals surface area contributed by atoms with E-state index in [1.165, 1.54) is 5.56 Å². The summed E-state index contributed by atoms with van der Waals surface area (Å²) in [6.07, 6.45) is 8.76. The molecule has 0 spiro atoms. The molecule has 1 aromatic rings. The molecule has 1 N–H and O–H groups in total. The molecule has 1 heteroatoms. The minimum atomic E-state index is -0.227. The van der Waals surface area contributed by atoms with Gasteiger partial charge in [0.2, 0.25) is 0 Å². The van der Waals surface area contributed by atoms with Gasteiger partial charge in [-0.05, 0) is 12.0 Å². The molecule has 0 fully saturated rings. The van der Waals surface area contributed by atoms with E-state index in [2.05, 4.69) is 30.4 Å². The minimum Gasteiger partial charge on any atom is -0.392 e. The molecule has 0 heterocycles. The van der Waals surface area contributed by atoms with Crippen molar-refractivity contribution in [3.8, 4) is 0 Å². The van der Waals surface area contributed by atoms with Crippen LogP contribution >= 0.6 is 0 Å². The zero-order chi connectivity index (χ0) is 9.80. The molecule has 1 aromatic carbocycles. The number of hydrogen-bond acceptors (Lipinski definition) is 1. The fraction of sp³-hybridized carbons (Fsp3) is 0.231. The summed E-state index contributed by atoms with van der Waals surface area (Å²) in [7, 11) is 0. The summed E-state index contributed by atoms with van der Waals surface area (Å²) in [6.45, 7) is 0. The Kier molecular flexibility index (Phi) is 2.80. The molecule has 0 saturated carbocycles. The molecule has 2 unspecified atom stereocenters. The lowest BCUT2D eigenvalue weighted by atomic mass is 10.0. The normalized spacial score (nSPS) is 26.1. The Balaban J connectivity index is 2.04. The molecule has 1 aliphatic rings. The molecular weight excluding hydrogens is 172 g/mol. The molecule has 0 aliphatic heterocycles. The lowest BCUT2D eigenvalue weighted by molar-refractivity contribution is 0.162. The van der Waals surface area contributed by atoms with Gasteiger partial charge in [0.15, 0.2) is 0 Å². The van der Waals surface area contributed by atoms with Gasteiger partial charge in [-0.1, -0.05) is 54.6 Å². The Morgan fingerprint density at radius 2 is 2.00 bits per heavy atom. The number of rotatable bonds is 2. The van der Waals surface area contributed by atoms with Crippen molar-refractivity contribution in [3.05, 3.63) is 54.1 Å². The fourth-order valence-corrected chi connectivity index (χ4v) is 1.64. The third-order valence-electron chi connectivity index (χ3n) is 2.49. The van der Waals surface area contributed by atoms with E-state index in [0.29, 0.717) is 0 Å². The maximum absolute atomic E-state index is 9.55. The average Bonchev–Trinajstić information content (AvgIpc) is 2.63. The van der Waals surface area contributed by atoms with Crippen LogP contribution in [0.25, 0.3) is 6.08 Å². The standard InChI is InChI=1S/C13H14O/c14-13-8-4-7-12(13)10-9-11-5-2-1-3-6-11/h1-7,9-10,12-14H,8H2/b10-9-. The Labute approximate surface area is 84.4 Å². The quantitative estimate of drug-likeness (QED) is 0.704. The molecule has 2 atom stereocenters. The van der Waals surface area contributed by atoms with Crippen LogP contribution in [0.5, 0.6) is 0 Å². The van der Waals surface area contributed by atoms with E-state index in [1.807, 2.05) is 24.3 Å². The van der Waals surface area contributed by atoms with Crippen molar-refractivity contribution in [3.63, 3.8) is 0 Å². The van der Waals surface area contributed by atoms with Crippen LogP contribution in [0, 0.1) is 5.92 Å². The van der Waals surface area contributed by atoms with Crippen molar-refractivity contribution in [1.82, 2.24) is 0 Å². The van der Waals surface area contributed by atoms with Crippen molar-refractivity contribution in [1.29, 1.82) is 0 Å². The number of aliphatic hydroxyl groups is 1. The van der Waals surface area contributed by atoms with Crippen LogP contribution in [0.2, 0.25) is 0 Å². The summed E-state index contributed by atoms with van der Waals surface area (Å²) in [5, 5.41) is 9.55. The molecule has 0 aromatic heterocycles. The first-order valence-electron chi connectivity index (χ1n) is 4.94. The van der Waals surface area contributed by atoms with Gasteiger partial charge in [0.1, 0.15) is 0 Å². The summed E-state index contributed by atoms with van der Waals surface area (Å²) in [6, 6.07) is 10.1. The van der Waals surface area contributed by atoms with Gasteiger partial charge in [-0.3, -0.25) is 0 Å². The second-order valence-electron chi connectivity index (χ2n) is 3.58. The van der Waals surface area contributed by atoms with Gasteiger partial charge in [-0.2, -0.15) is 0 Å². The summed E-state index contributed by atoms with van der Waals surface area (Å²) < 4.78 is 0. The van der Waals surface area contributed by atoms with E-state index in [0.717, 1.165) is 6.42 Å². The first-order chi connectivity index (χ1) is 6.86. The first-order valence-corrected chi connectivity index (χ1v) is 4.94. The third kappa shape index (κ3) is 2.12. The second kappa shape index (κ2) is 4.25. The van der Waals surface area contributed by atoms with E-state index in [1.54, 1.807) is 0 Å². The van der Waals surface area contributed by atoms with E-state index in [-0.39, 0.29) is 12.0 Å². The van der Waals surface area contributed by atoms with Crippen LogP contribution in [0.1, 0.15) is 12.0 Å². The minimum absolute atomic E-state index is 0.190. The van der Waals surface area contributed by atoms with Crippen LogP contribution in [0.4, 0.5) is 0 Å². The predicted molar refractivity (Wildman–Crippen MR) is 58.7 cm³/mol. The van der Waals surface area contributed by atoms with Crippen LogP contribution in [-0.2, 0) is 0 Å². The third-order valence-corrected chi connectivity index (χ3v) is 2.49. The summed E-state index contributed by atoms with van der Waals surface area (Å²) in [5.74, 6) is 0.190. The van der Waals surface area contributed by atoms with Gasteiger partial charge in [-0.25, -0.2) is 0 Å². The highest BCUT2D eigenvalue weighted by molar-refractivity contribution is 5.49. The van der Waals surface area contributed by atoms with Gasteiger partial charge < -0.3 is 5.11 Å². The van der Waals surface area contributed by atoms with E-state index >= 15 is 0 Å². The summed E-state index contributed by atoms with van der Waals surface area (Å²) in [4.78, 5) is 0. The largest absolute Gasteiger partial charge is 0.392 e. The highest BCUT2D eigenvalue weighted by Gasteiger charge is 2.16. The van der Waals surface area contributed by atoms with Gasteiger partial charge in [0, 0.05) is 5.92 Å². The Bertz CT molecular complexity index is 338. The predicted octanol–water partition coefficient (Wildman–Crippen LogP) is 2.64. The maximum atomic E-state index is 9.55. The summed E-state index contributed by atoms with van der Waals surface area (Å²) in [5.41, 5.74) is 1.18. The van der Waals surface area contributed by atoms with Gasteiger partial charge in [0.05, 0.1) is 6.10 Å². The van der Waals surface area contributed by atoms with E-state index in [4.69, 9.17) is 0 Å². The fourth-order valence-electron chi connectivity index (χ4n) is 1.64. The molecule has 72 valence electrons. The van der Waals surface area contributed by atoms with Crippen molar-refractivity contribution in [2.75, 3.05) is 0 Å². The lowest BCUT2D eigenvalue weighted by Gasteiger charge is -2.07. The van der Waals surface area contributed by atoms with Crippen LogP contribution < -0.4 is 0 Å². The van der Waals surface area contributed by atoms with E-state index < -0.39 is 0 Å². The van der Waals surface area contributed by atoms with Gasteiger partial charge >= 0.3 is 0 Å². The van der Waals surface area contributed by atoms with Gasteiger partial charge in [0.25, 0.3) is 0 Å². The number of aliphatic hydroxyl groups excluding tert-OH is 1. The smallest absolute Gasteiger partial charge is 0.0671 e. The molecule has 0 bridgehead atoms. The van der Waals surface area contributed by atoms with Gasteiger partial charge in [-0.15, -0.1) is 0 Å². The molecule has 0 saturated heterocycles. The monoisotopic (exact) mass is 186 g/mol. The van der Waals surface area contributed by atoms with Crippen molar-refractivity contribution in [2.45, 2.75) is 12.5 Å². The molecule has 0 amide bonds. The number of benzene rings is 1. The first kappa shape index (κ1) is 9.22. The van der Waals surface area contributed by atoms with E-state index in [9.17, 15) is 5.11 Å². The molecule has 14 heavy (non-hydrogen) atoms. The van der Waals surface area contributed by atoms with Crippen LogP contribution in [-0.4, -0.2) is 11.2 Å². The molecule has 2 rings (SSSR count). The average molecular weight is 186 g/mol. The zero-order valence-electron chi connectivity index (χ0n) is 8.01. The topological polar surface area (TPSA) is 20.2 Å². The highest BCUT2D eigenvalue weighted by Crippen LogP contribution is 2.20. The van der Waals surface area contributed by atoms with Crippen LogP contribution in [0.15, 0.2) is 48.6 Å². The number of hydrogen-bond donors (Lipinski definition) is 1. The van der Waals surface area contributed by atoms with Crippen molar-refractivity contribution < 1.29 is 5.11 Å². The molecule has 1 aliphatic carbocycles. The summed E-state index contributed by atoms with van der Waals surface area (Å²) >= 11 is 0. The Hall–Kier alpha value is -1.34. The van der Waals surface area contributed by atoms with Crippen LogP contribution in [0.3, 0.4) is 0 Å². The molecular formula is C13H14O. The lowest BCUT2D eigenvalue weighted by Crippen LogP contribution is -2.10. The zero-order valence-corrected chi connectivity index (χ0v) is 8.01. The Morgan fingerprint density at radius 3 is 2.64 bits per heavy atom. The van der Waals surface area contributed by atoms with Crippen molar-refractivity contribution >= 4 is 6.08 Å². The van der Waals surface area contributed by atoms with Crippen molar-refractivity contribution in [2.24, 2.45) is 5.92 Å². The SMILES string of the molecule is OC1CC=CC1/C=C\c1ccccc1. The molecule has 0 radical (unpaired) electrons. The Morgan fingerprint density at radius 1 is 1.21 bits per heavy atom. The highest BCUT2D eigenvalue weighted by atomic mass is 16.3. The molecule has 1 nitrogen and oxygen atoms in total. The second-order valence-corrected chi connectivity index (χ2v) is 3.58.